The predicted molar refractivity (Wildman–Crippen MR) is 99.4 cm³/mol. The molecule has 24 heavy (non-hydrogen) atoms. The second-order valence-corrected chi connectivity index (χ2v) is 7.53. The fourth-order valence-corrected chi connectivity index (χ4v) is 3.58. The lowest BCUT2D eigenvalue weighted by atomic mass is 9.90. The molecule has 1 fully saturated rings. The molecule has 0 radical (unpaired) electrons. The first-order chi connectivity index (χ1) is 11.5. The van der Waals surface area contributed by atoms with Gasteiger partial charge in [-0.25, -0.2) is 0 Å². The summed E-state index contributed by atoms with van der Waals surface area (Å²) in [5.41, 5.74) is 3.03. The number of amides is 1. The van der Waals surface area contributed by atoms with E-state index in [1.54, 1.807) is 0 Å². The molecule has 1 N–H and O–H groups in total. The van der Waals surface area contributed by atoms with Crippen LogP contribution in [0.15, 0.2) is 18.2 Å². The number of nitrogens with one attached hydrogen (secondary N) is 1. The van der Waals surface area contributed by atoms with Gasteiger partial charge in [-0.3, -0.25) is 9.59 Å². The van der Waals surface area contributed by atoms with Gasteiger partial charge in [-0.05, 0) is 44.2 Å². The number of anilines is 1. The molecule has 5 heteroatoms. The number of ether oxygens (including phenoxy) is 1. The molecule has 0 aromatic heterocycles. The van der Waals surface area contributed by atoms with Crippen molar-refractivity contribution in [2.45, 2.75) is 46.0 Å². The van der Waals surface area contributed by atoms with Crippen molar-refractivity contribution in [1.29, 1.82) is 0 Å². The zero-order valence-electron chi connectivity index (χ0n) is 14.6. The van der Waals surface area contributed by atoms with Crippen LogP contribution in [-0.2, 0) is 14.3 Å². The van der Waals surface area contributed by atoms with Gasteiger partial charge < -0.3 is 10.1 Å². The summed E-state index contributed by atoms with van der Waals surface area (Å²) in [6, 6.07) is 5.91. The van der Waals surface area contributed by atoms with Gasteiger partial charge in [0, 0.05) is 5.69 Å². The minimum Gasteiger partial charge on any atom is -0.465 e. The Labute approximate surface area is 148 Å². The monoisotopic (exact) mass is 349 g/mol. The largest absolute Gasteiger partial charge is 0.465 e. The van der Waals surface area contributed by atoms with Gasteiger partial charge in [0.1, 0.15) is 0 Å². The maximum atomic E-state index is 12.0. The molecule has 1 aromatic rings. The van der Waals surface area contributed by atoms with Crippen molar-refractivity contribution >= 4 is 29.3 Å². The molecule has 1 saturated carbocycles. The highest BCUT2D eigenvalue weighted by Crippen LogP contribution is 2.23. The summed E-state index contributed by atoms with van der Waals surface area (Å²) in [7, 11) is 0. The summed E-state index contributed by atoms with van der Waals surface area (Å²) in [6.07, 6.45) is 6.12. The number of carbonyl (C=O) groups is 2. The molecule has 0 atom stereocenters. The summed E-state index contributed by atoms with van der Waals surface area (Å²) in [4.78, 5) is 23.7. The molecule has 0 saturated heterocycles. The van der Waals surface area contributed by atoms with Crippen molar-refractivity contribution in [2.24, 2.45) is 5.92 Å². The van der Waals surface area contributed by atoms with Gasteiger partial charge in [-0.15, -0.1) is 11.8 Å². The summed E-state index contributed by atoms with van der Waals surface area (Å²) >= 11 is 1.30. The van der Waals surface area contributed by atoms with E-state index < -0.39 is 0 Å². The number of thioether (sulfide) groups is 1. The maximum absolute atomic E-state index is 12.0. The van der Waals surface area contributed by atoms with Crippen molar-refractivity contribution in [1.82, 2.24) is 0 Å². The van der Waals surface area contributed by atoms with Crippen LogP contribution in [0.3, 0.4) is 0 Å². The Kier molecular flexibility index (Phi) is 7.63. The number of esters is 1. The molecule has 0 heterocycles. The Morgan fingerprint density at radius 3 is 2.62 bits per heavy atom. The zero-order chi connectivity index (χ0) is 17.4. The Bertz CT molecular complexity index is 568. The Hall–Kier alpha value is -1.49. The van der Waals surface area contributed by atoms with Crippen molar-refractivity contribution in [3.8, 4) is 0 Å². The molecular formula is C19H27NO3S. The topological polar surface area (TPSA) is 55.4 Å². The first kappa shape index (κ1) is 18.8. The molecule has 4 nitrogen and oxygen atoms in total. The van der Waals surface area contributed by atoms with E-state index in [4.69, 9.17) is 4.74 Å². The second kappa shape index (κ2) is 9.72. The summed E-state index contributed by atoms with van der Waals surface area (Å²) in [5.74, 6) is 0.705. The molecule has 0 unspecified atom stereocenters. The van der Waals surface area contributed by atoms with Gasteiger partial charge in [0.05, 0.1) is 18.1 Å². The van der Waals surface area contributed by atoms with Crippen molar-refractivity contribution in [2.75, 3.05) is 23.4 Å². The van der Waals surface area contributed by atoms with E-state index in [1.165, 1.54) is 49.4 Å². The lowest BCUT2D eigenvalue weighted by Gasteiger charge is -2.20. The van der Waals surface area contributed by atoms with Crippen LogP contribution in [0.25, 0.3) is 0 Å². The van der Waals surface area contributed by atoms with Crippen molar-refractivity contribution in [3.63, 3.8) is 0 Å². The Balaban J connectivity index is 1.62. The van der Waals surface area contributed by atoms with Crippen LogP contribution >= 0.6 is 11.8 Å². The number of hydrogen-bond donors (Lipinski definition) is 1. The van der Waals surface area contributed by atoms with E-state index in [-0.39, 0.29) is 23.4 Å². The maximum Gasteiger partial charge on any atom is 0.315 e. The van der Waals surface area contributed by atoms with E-state index in [0.29, 0.717) is 12.5 Å². The first-order valence-electron chi connectivity index (χ1n) is 8.65. The highest BCUT2D eigenvalue weighted by Gasteiger charge is 2.15. The third-order valence-corrected chi connectivity index (χ3v) is 5.22. The molecular weight excluding hydrogens is 322 g/mol. The van der Waals surface area contributed by atoms with Crippen LogP contribution < -0.4 is 5.32 Å². The molecule has 132 valence electrons. The Morgan fingerprint density at radius 1 is 1.17 bits per heavy atom. The normalized spacial score (nSPS) is 15.1. The van der Waals surface area contributed by atoms with Crippen molar-refractivity contribution in [3.05, 3.63) is 29.3 Å². The number of benzene rings is 1. The average Bonchev–Trinajstić information content (AvgIpc) is 2.56. The van der Waals surface area contributed by atoms with E-state index in [9.17, 15) is 9.59 Å². The third-order valence-electron chi connectivity index (χ3n) is 4.31. The fraction of sp³-hybridized carbons (Fsp3) is 0.579. The van der Waals surface area contributed by atoms with Crippen LogP contribution in [0.2, 0.25) is 0 Å². The zero-order valence-corrected chi connectivity index (χ0v) is 15.4. The van der Waals surface area contributed by atoms with E-state index >= 15 is 0 Å². The molecule has 0 bridgehead atoms. The quantitative estimate of drug-likeness (QED) is 0.753. The molecule has 0 spiro atoms. The first-order valence-corrected chi connectivity index (χ1v) is 9.80. The van der Waals surface area contributed by atoms with Crippen LogP contribution in [0.4, 0.5) is 5.69 Å². The molecule has 0 aliphatic heterocycles. The standard InChI is InChI=1S/C19H27NO3S/c1-14-8-9-17(15(2)10-14)20-18(21)12-24-13-19(22)23-11-16-6-4-3-5-7-16/h8-10,16H,3-7,11-13H2,1-2H3,(H,20,21). The van der Waals surface area contributed by atoms with Crippen LogP contribution in [-0.4, -0.2) is 30.0 Å². The van der Waals surface area contributed by atoms with Gasteiger partial charge in [-0.2, -0.15) is 0 Å². The molecule has 2 rings (SSSR count). The summed E-state index contributed by atoms with van der Waals surface area (Å²) < 4.78 is 5.32. The van der Waals surface area contributed by atoms with E-state index in [1.807, 2.05) is 32.0 Å². The second-order valence-electron chi connectivity index (χ2n) is 6.55. The minimum absolute atomic E-state index is 0.0907. The lowest BCUT2D eigenvalue weighted by molar-refractivity contribution is -0.142. The number of carbonyl (C=O) groups excluding carboxylic acids is 2. The van der Waals surface area contributed by atoms with Gasteiger partial charge >= 0.3 is 5.97 Å². The van der Waals surface area contributed by atoms with E-state index in [2.05, 4.69) is 5.32 Å². The molecule has 1 aromatic carbocycles. The van der Waals surface area contributed by atoms with Gasteiger partial charge in [0.2, 0.25) is 5.91 Å². The predicted octanol–water partition coefficient (Wildman–Crippen LogP) is 4.10. The van der Waals surface area contributed by atoms with E-state index in [0.717, 1.165) is 11.3 Å². The summed E-state index contributed by atoms with van der Waals surface area (Å²) in [5, 5.41) is 2.88. The highest BCUT2D eigenvalue weighted by molar-refractivity contribution is 8.00. The molecule has 1 amide bonds. The molecule has 1 aliphatic carbocycles. The lowest BCUT2D eigenvalue weighted by Crippen LogP contribution is -2.19. The van der Waals surface area contributed by atoms with Gasteiger partial charge in [0.15, 0.2) is 0 Å². The smallest absolute Gasteiger partial charge is 0.315 e. The average molecular weight is 349 g/mol. The van der Waals surface area contributed by atoms with Gasteiger partial charge in [-0.1, -0.05) is 37.0 Å². The Morgan fingerprint density at radius 2 is 1.92 bits per heavy atom. The summed E-state index contributed by atoms with van der Waals surface area (Å²) in [6.45, 7) is 4.53. The van der Waals surface area contributed by atoms with Crippen LogP contribution in [0.1, 0.15) is 43.2 Å². The SMILES string of the molecule is Cc1ccc(NC(=O)CSCC(=O)OCC2CCCCC2)c(C)c1. The van der Waals surface area contributed by atoms with Crippen LogP contribution in [0.5, 0.6) is 0 Å². The van der Waals surface area contributed by atoms with Crippen molar-refractivity contribution < 1.29 is 14.3 Å². The minimum atomic E-state index is -0.218. The fourth-order valence-electron chi connectivity index (χ4n) is 2.97. The third kappa shape index (κ3) is 6.56. The van der Waals surface area contributed by atoms with Gasteiger partial charge in [0.25, 0.3) is 0 Å². The number of hydrogen-bond acceptors (Lipinski definition) is 4. The molecule has 1 aliphatic rings. The highest BCUT2D eigenvalue weighted by atomic mass is 32.2. The number of rotatable bonds is 7. The number of aryl methyl sites for hydroxylation is 2. The van der Waals surface area contributed by atoms with Crippen LogP contribution in [0, 0.1) is 19.8 Å².